The lowest BCUT2D eigenvalue weighted by Crippen LogP contribution is -2.02. The lowest BCUT2D eigenvalue weighted by Gasteiger charge is -2.19. The minimum atomic E-state index is 0.580. The van der Waals surface area contributed by atoms with E-state index < -0.39 is 0 Å². The predicted molar refractivity (Wildman–Crippen MR) is 281 cm³/mol. The van der Waals surface area contributed by atoms with Gasteiger partial charge in [0.2, 0.25) is 0 Å². The molecule has 314 valence electrons. The minimum absolute atomic E-state index is 0.580. The number of aromatic nitrogens is 3. The van der Waals surface area contributed by atoms with Crippen molar-refractivity contribution >= 4 is 38.0 Å². The Morgan fingerprint density at radius 3 is 1.53 bits per heavy atom. The van der Waals surface area contributed by atoms with Crippen molar-refractivity contribution in [2.24, 2.45) is 0 Å². The average Bonchev–Trinajstić information content (AvgIpc) is 3.75. The summed E-state index contributed by atoms with van der Waals surface area (Å²) in [5.41, 5.74) is 16.4. The molecule has 4 heteroatoms. The van der Waals surface area contributed by atoms with Crippen molar-refractivity contribution < 1.29 is 0 Å². The number of fused-ring (bicyclic) bond motifs is 6. The second kappa shape index (κ2) is 16.0. The van der Waals surface area contributed by atoms with E-state index in [0.29, 0.717) is 23.2 Å². The molecule has 68 heavy (non-hydrogen) atoms. The maximum atomic E-state index is 8.46. The third kappa shape index (κ3) is 6.33. The summed E-state index contributed by atoms with van der Waals surface area (Å²) < 4.78 is 0. The van der Waals surface area contributed by atoms with Crippen LogP contribution >= 0.6 is 0 Å². The maximum Gasteiger partial charge on any atom is 0.195 e. The molecular formula is C64H38N4. The molecule has 12 aromatic rings. The normalized spacial score (nSPS) is 11.5. The fourth-order valence-electron chi connectivity index (χ4n) is 10.5. The lowest BCUT2D eigenvalue weighted by molar-refractivity contribution is 1.08. The van der Waals surface area contributed by atoms with Gasteiger partial charge < -0.3 is 0 Å². The van der Waals surface area contributed by atoms with E-state index in [1.807, 2.05) is 30.3 Å². The highest BCUT2D eigenvalue weighted by atomic mass is 15.0. The van der Waals surface area contributed by atoms with Crippen molar-refractivity contribution in [1.82, 2.24) is 15.0 Å². The minimum Gasteiger partial charge on any atom is -0.237 e. The first-order chi connectivity index (χ1) is 33.7. The largest absolute Gasteiger partial charge is 0.237 e. The van der Waals surface area contributed by atoms with Crippen molar-refractivity contribution in [3.8, 4) is 101 Å². The Morgan fingerprint density at radius 2 is 0.765 bits per heavy atom. The first kappa shape index (κ1) is 39.1. The topological polar surface area (TPSA) is 43.0 Å². The summed E-state index contributed by atoms with van der Waals surface area (Å²) in [7, 11) is 0. The van der Waals surface area contributed by atoms with Crippen LogP contribution in [0.3, 0.4) is 0 Å². The Labute approximate surface area is 394 Å². The Bertz CT molecular complexity index is 4020. The van der Waals surface area contributed by atoms with Crippen LogP contribution in [-0.2, 0) is 0 Å². The van der Waals surface area contributed by atoms with E-state index in [2.05, 4.69) is 205 Å². The Balaban J connectivity index is 0.973. The Kier molecular flexibility index (Phi) is 9.20. The molecule has 0 spiro atoms. The predicted octanol–water partition coefficient (Wildman–Crippen LogP) is 17.2. The van der Waals surface area contributed by atoms with Gasteiger partial charge in [-0.1, -0.05) is 218 Å². The molecule has 0 unspecified atom stereocenters. The number of nitrogens with zero attached hydrogens (tertiary/aromatic N) is 4. The average molecular weight is 863 g/mol. The summed E-state index contributed by atoms with van der Waals surface area (Å²) >= 11 is 0. The third-order valence-electron chi connectivity index (χ3n) is 13.5. The molecule has 0 bridgehead atoms. The smallest absolute Gasteiger partial charge is 0.195 e. The zero-order valence-electron chi connectivity index (χ0n) is 36.7. The summed E-state index contributed by atoms with van der Waals surface area (Å²) in [6, 6.07) is 80.9. The van der Waals surface area contributed by atoms with E-state index in [1.54, 1.807) is 0 Å². The van der Waals surface area contributed by atoms with Crippen LogP contribution in [-0.4, -0.2) is 15.0 Å². The summed E-state index contributed by atoms with van der Waals surface area (Å²) in [6.07, 6.45) is 0. The molecule has 1 aliphatic rings. The van der Waals surface area contributed by atoms with Crippen molar-refractivity contribution in [1.29, 1.82) is 0 Å². The molecule has 0 saturated carbocycles. The lowest BCUT2D eigenvalue weighted by atomic mass is 9.86. The molecule has 0 N–H and O–H groups in total. The Morgan fingerprint density at radius 1 is 0.279 bits per heavy atom. The standard InChI is InChI=1S/C64H38N4/c1-65-59-34-16-33-53(60(59)43-21-13-20-42(39-43)45-29-14-30-46-44-22-6-5-17-40(44)35-36-52(45)46)48-24-8-7-23-47(48)51-27-11-12-28-57(51)63-66-62(41-18-3-2-4-19-41)67-64(68-63)58-38-37-56-50-26-10-9-25-49(50)54-31-15-32-55(58)61(54)56/h2-39H. The van der Waals surface area contributed by atoms with Crippen molar-refractivity contribution in [2.45, 2.75) is 0 Å². The molecule has 1 heterocycles. The Hall–Kier alpha value is -9.30. The van der Waals surface area contributed by atoms with Gasteiger partial charge in [-0.05, 0) is 111 Å². The number of hydrogen-bond acceptors (Lipinski definition) is 3. The van der Waals surface area contributed by atoms with Gasteiger partial charge in [0, 0.05) is 16.7 Å². The van der Waals surface area contributed by atoms with Gasteiger partial charge in [0.25, 0.3) is 0 Å². The molecule has 13 rings (SSSR count). The van der Waals surface area contributed by atoms with E-state index in [0.717, 1.165) is 66.6 Å². The first-order valence-corrected chi connectivity index (χ1v) is 22.9. The van der Waals surface area contributed by atoms with Gasteiger partial charge in [0.15, 0.2) is 23.2 Å². The van der Waals surface area contributed by atoms with Gasteiger partial charge in [-0.25, -0.2) is 19.8 Å². The van der Waals surface area contributed by atoms with Crippen LogP contribution in [0.15, 0.2) is 231 Å². The molecule has 0 fully saturated rings. The van der Waals surface area contributed by atoms with Crippen LogP contribution in [0.5, 0.6) is 0 Å². The SMILES string of the molecule is [C-]#[N+]c1cccc(-c2ccccc2-c2ccccc2-c2nc(-c3ccccc3)nc(-c3ccc4c5c(cccc35)-c3ccccc3-4)n2)c1-c1cccc(-c2cccc3c2ccc2ccccc23)c1. The quantitative estimate of drug-likeness (QED) is 0.118. The molecule has 0 saturated heterocycles. The zero-order chi connectivity index (χ0) is 45.1. The van der Waals surface area contributed by atoms with Crippen LogP contribution in [0.4, 0.5) is 5.69 Å². The van der Waals surface area contributed by atoms with Crippen molar-refractivity contribution in [2.75, 3.05) is 0 Å². The van der Waals surface area contributed by atoms with Gasteiger partial charge >= 0.3 is 0 Å². The van der Waals surface area contributed by atoms with Crippen LogP contribution in [0, 0.1) is 6.57 Å². The molecule has 4 nitrogen and oxygen atoms in total. The van der Waals surface area contributed by atoms with Crippen LogP contribution in [0.2, 0.25) is 0 Å². The molecule has 1 aromatic heterocycles. The summed E-state index contributed by atoms with van der Waals surface area (Å²) in [5.74, 6) is 1.80. The van der Waals surface area contributed by atoms with Gasteiger partial charge in [-0.15, -0.1) is 0 Å². The highest BCUT2D eigenvalue weighted by molar-refractivity contribution is 6.18. The fourth-order valence-corrected chi connectivity index (χ4v) is 10.5. The third-order valence-corrected chi connectivity index (χ3v) is 13.5. The highest BCUT2D eigenvalue weighted by Gasteiger charge is 2.25. The second-order valence-electron chi connectivity index (χ2n) is 17.3. The molecule has 11 aromatic carbocycles. The number of rotatable bonds is 7. The molecule has 0 amide bonds. The van der Waals surface area contributed by atoms with Gasteiger partial charge in [0.05, 0.1) is 6.57 Å². The number of benzene rings is 11. The van der Waals surface area contributed by atoms with Crippen LogP contribution in [0.1, 0.15) is 0 Å². The maximum absolute atomic E-state index is 8.46. The summed E-state index contributed by atoms with van der Waals surface area (Å²) in [4.78, 5) is 20.0. The van der Waals surface area contributed by atoms with Crippen molar-refractivity contribution in [3.05, 3.63) is 242 Å². The monoisotopic (exact) mass is 862 g/mol. The molecule has 1 aliphatic carbocycles. The van der Waals surface area contributed by atoms with Crippen molar-refractivity contribution in [3.63, 3.8) is 0 Å². The van der Waals surface area contributed by atoms with E-state index in [9.17, 15) is 0 Å². The highest BCUT2D eigenvalue weighted by Crippen LogP contribution is 2.50. The molecule has 0 radical (unpaired) electrons. The summed E-state index contributed by atoms with van der Waals surface area (Å²) in [6.45, 7) is 8.46. The van der Waals surface area contributed by atoms with E-state index in [4.69, 9.17) is 21.5 Å². The zero-order valence-corrected chi connectivity index (χ0v) is 36.7. The van der Waals surface area contributed by atoms with Gasteiger partial charge in [0.1, 0.15) is 0 Å². The van der Waals surface area contributed by atoms with E-state index >= 15 is 0 Å². The van der Waals surface area contributed by atoms with Gasteiger partial charge in [-0.3, -0.25) is 0 Å². The number of hydrogen-bond donors (Lipinski definition) is 0. The van der Waals surface area contributed by atoms with Crippen LogP contribution < -0.4 is 0 Å². The second-order valence-corrected chi connectivity index (χ2v) is 17.3. The van der Waals surface area contributed by atoms with Crippen LogP contribution in [0.25, 0.3) is 138 Å². The molecular weight excluding hydrogens is 825 g/mol. The van der Waals surface area contributed by atoms with E-state index in [-0.39, 0.29) is 0 Å². The van der Waals surface area contributed by atoms with E-state index in [1.165, 1.54) is 49.2 Å². The first-order valence-electron chi connectivity index (χ1n) is 22.9. The fraction of sp³-hybridized carbons (Fsp3) is 0. The summed E-state index contributed by atoms with van der Waals surface area (Å²) in [5, 5.41) is 7.20. The molecule has 0 aliphatic heterocycles. The molecule has 0 atom stereocenters. The van der Waals surface area contributed by atoms with Gasteiger partial charge in [-0.2, -0.15) is 0 Å².